The molecule has 0 aliphatic rings. The van der Waals surface area contributed by atoms with Crippen LogP contribution >= 0.6 is 0 Å². The molecule has 0 aliphatic carbocycles. The predicted octanol–water partition coefficient (Wildman–Crippen LogP) is 3.61. The largest absolute Gasteiger partial charge is 0.335 e. The van der Waals surface area contributed by atoms with E-state index in [4.69, 9.17) is 0 Å². The monoisotopic (exact) mass is 381 g/mol. The van der Waals surface area contributed by atoms with E-state index in [-0.39, 0.29) is 30.9 Å². The van der Waals surface area contributed by atoms with Crippen molar-refractivity contribution in [2.75, 3.05) is 25.5 Å². The van der Waals surface area contributed by atoms with Crippen LogP contribution in [-0.2, 0) is 16.1 Å². The summed E-state index contributed by atoms with van der Waals surface area (Å²) in [6.07, 6.45) is 0. The van der Waals surface area contributed by atoms with Crippen molar-refractivity contribution in [2.45, 2.75) is 40.3 Å². The number of benzene rings is 2. The Morgan fingerprint density at radius 2 is 1.64 bits per heavy atom. The Labute approximate surface area is 168 Å². The minimum absolute atomic E-state index is 0.0147. The second-order valence-corrected chi connectivity index (χ2v) is 7.57. The number of nitrogens with one attached hydrogen (secondary N) is 1. The van der Waals surface area contributed by atoms with Crippen molar-refractivity contribution in [1.82, 2.24) is 9.80 Å². The fourth-order valence-electron chi connectivity index (χ4n) is 3.04. The maximum absolute atomic E-state index is 12.8. The van der Waals surface area contributed by atoms with Gasteiger partial charge in [-0.1, -0.05) is 42.5 Å². The smallest absolute Gasteiger partial charge is 0.238 e. The van der Waals surface area contributed by atoms with Gasteiger partial charge in [-0.3, -0.25) is 14.5 Å². The molecule has 2 aromatic carbocycles. The molecule has 150 valence electrons. The molecule has 5 heteroatoms. The van der Waals surface area contributed by atoms with E-state index in [0.717, 1.165) is 22.4 Å². The summed E-state index contributed by atoms with van der Waals surface area (Å²) < 4.78 is 0. The van der Waals surface area contributed by atoms with Crippen LogP contribution in [0.4, 0.5) is 5.69 Å². The topological polar surface area (TPSA) is 52.7 Å². The van der Waals surface area contributed by atoms with E-state index >= 15 is 0 Å². The van der Waals surface area contributed by atoms with Gasteiger partial charge in [0.15, 0.2) is 0 Å². The van der Waals surface area contributed by atoms with Gasteiger partial charge in [-0.2, -0.15) is 0 Å². The number of hydrogen-bond donors (Lipinski definition) is 1. The third-order valence-electron chi connectivity index (χ3n) is 4.84. The number of carbonyl (C=O) groups is 2. The Hall–Kier alpha value is -2.66. The Morgan fingerprint density at radius 1 is 0.964 bits per heavy atom. The second kappa shape index (κ2) is 10.0. The lowest BCUT2D eigenvalue weighted by atomic mass is 10.1. The highest BCUT2D eigenvalue weighted by atomic mass is 16.2. The maximum Gasteiger partial charge on any atom is 0.238 e. The quantitative estimate of drug-likeness (QED) is 0.760. The van der Waals surface area contributed by atoms with Crippen LogP contribution in [0.5, 0.6) is 0 Å². The highest BCUT2D eigenvalue weighted by Crippen LogP contribution is 2.17. The summed E-state index contributed by atoms with van der Waals surface area (Å²) >= 11 is 0. The van der Waals surface area contributed by atoms with Crippen molar-refractivity contribution >= 4 is 17.5 Å². The zero-order valence-corrected chi connectivity index (χ0v) is 17.5. The fraction of sp³-hybridized carbons (Fsp3) is 0.391. The van der Waals surface area contributed by atoms with Gasteiger partial charge in [0.2, 0.25) is 11.8 Å². The third-order valence-corrected chi connectivity index (χ3v) is 4.84. The van der Waals surface area contributed by atoms with Crippen LogP contribution in [0.25, 0.3) is 0 Å². The molecule has 0 aliphatic heterocycles. The average molecular weight is 382 g/mol. The normalized spacial score (nSPS) is 11.0. The number of nitrogens with zero attached hydrogens (tertiary/aromatic N) is 2. The molecule has 5 nitrogen and oxygen atoms in total. The average Bonchev–Trinajstić information content (AvgIpc) is 2.63. The van der Waals surface area contributed by atoms with Crippen molar-refractivity contribution in [3.8, 4) is 0 Å². The van der Waals surface area contributed by atoms with Crippen molar-refractivity contribution in [2.24, 2.45) is 0 Å². The van der Waals surface area contributed by atoms with Gasteiger partial charge in [0.05, 0.1) is 13.1 Å². The lowest BCUT2D eigenvalue weighted by Gasteiger charge is -2.29. The molecule has 0 bridgehead atoms. The van der Waals surface area contributed by atoms with E-state index < -0.39 is 0 Å². The van der Waals surface area contributed by atoms with Crippen LogP contribution in [0.2, 0.25) is 0 Å². The molecule has 0 spiro atoms. The molecule has 0 atom stereocenters. The Kier molecular flexibility index (Phi) is 7.76. The van der Waals surface area contributed by atoms with E-state index in [1.165, 1.54) is 0 Å². The first-order chi connectivity index (χ1) is 13.3. The molecule has 2 rings (SSSR count). The first-order valence-electron chi connectivity index (χ1n) is 9.66. The van der Waals surface area contributed by atoms with Gasteiger partial charge in [-0.05, 0) is 57.5 Å². The SMILES string of the molecule is Cc1cccc(NC(=O)CN(C)CC(=O)N(Cc2ccccc2)C(C)C)c1C. The number of carbonyl (C=O) groups excluding carboxylic acids is 2. The molecule has 1 N–H and O–H groups in total. The van der Waals surface area contributed by atoms with Gasteiger partial charge in [0.25, 0.3) is 0 Å². The highest BCUT2D eigenvalue weighted by Gasteiger charge is 2.20. The van der Waals surface area contributed by atoms with Crippen LogP contribution < -0.4 is 5.32 Å². The Morgan fingerprint density at radius 3 is 2.29 bits per heavy atom. The number of aryl methyl sites for hydroxylation is 1. The third kappa shape index (κ3) is 6.20. The molecular formula is C23H31N3O2. The van der Waals surface area contributed by atoms with E-state index in [1.54, 1.807) is 11.9 Å². The summed E-state index contributed by atoms with van der Waals surface area (Å²) in [5.41, 5.74) is 4.11. The summed E-state index contributed by atoms with van der Waals surface area (Å²) in [5, 5.41) is 2.94. The summed E-state index contributed by atoms with van der Waals surface area (Å²) in [6.45, 7) is 8.95. The van der Waals surface area contributed by atoms with Crippen LogP contribution in [0.3, 0.4) is 0 Å². The van der Waals surface area contributed by atoms with Crippen LogP contribution in [0.15, 0.2) is 48.5 Å². The molecule has 0 aromatic heterocycles. The Balaban J connectivity index is 1.92. The summed E-state index contributed by atoms with van der Waals surface area (Å²) in [5.74, 6) is -0.107. The molecule has 0 fully saturated rings. The van der Waals surface area contributed by atoms with Gasteiger partial charge in [-0.25, -0.2) is 0 Å². The van der Waals surface area contributed by atoms with E-state index in [1.807, 2.05) is 81.1 Å². The fourth-order valence-corrected chi connectivity index (χ4v) is 3.04. The molecular weight excluding hydrogens is 350 g/mol. The van der Waals surface area contributed by atoms with E-state index in [9.17, 15) is 9.59 Å². The molecule has 2 amide bonds. The zero-order chi connectivity index (χ0) is 20.7. The second-order valence-electron chi connectivity index (χ2n) is 7.57. The van der Waals surface area contributed by atoms with Gasteiger partial charge < -0.3 is 10.2 Å². The molecule has 0 radical (unpaired) electrons. The maximum atomic E-state index is 12.8. The number of hydrogen-bond acceptors (Lipinski definition) is 3. The van der Waals surface area contributed by atoms with Crippen LogP contribution in [0.1, 0.15) is 30.5 Å². The molecule has 28 heavy (non-hydrogen) atoms. The first-order valence-corrected chi connectivity index (χ1v) is 9.66. The molecule has 0 heterocycles. The van der Waals surface area contributed by atoms with E-state index in [0.29, 0.717) is 6.54 Å². The number of rotatable bonds is 8. The van der Waals surface area contributed by atoms with Gasteiger partial charge >= 0.3 is 0 Å². The minimum Gasteiger partial charge on any atom is -0.335 e. The van der Waals surface area contributed by atoms with E-state index in [2.05, 4.69) is 5.32 Å². The lowest BCUT2D eigenvalue weighted by Crippen LogP contribution is -2.44. The molecule has 0 saturated carbocycles. The summed E-state index contributed by atoms with van der Waals surface area (Å²) in [6, 6.07) is 15.9. The van der Waals surface area contributed by atoms with Crippen LogP contribution in [0, 0.1) is 13.8 Å². The standard InChI is InChI=1S/C23H31N3O2/c1-17(2)26(14-20-11-7-6-8-12-20)23(28)16-25(5)15-22(27)24-21-13-9-10-18(3)19(21)4/h6-13,17H,14-16H2,1-5H3,(H,24,27). The number of anilines is 1. The van der Waals surface area contributed by atoms with Gasteiger partial charge in [0.1, 0.15) is 0 Å². The summed E-state index contributed by atoms with van der Waals surface area (Å²) in [7, 11) is 1.79. The number of likely N-dealkylation sites (N-methyl/N-ethyl adjacent to an activating group) is 1. The van der Waals surface area contributed by atoms with Crippen molar-refractivity contribution in [3.63, 3.8) is 0 Å². The Bertz CT molecular complexity index is 803. The van der Waals surface area contributed by atoms with Crippen LogP contribution in [-0.4, -0.2) is 47.8 Å². The zero-order valence-electron chi connectivity index (χ0n) is 17.5. The number of amides is 2. The minimum atomic E-state index is -0.122. The molecule has 0 unspecified atom stereocenters. The van der Waals surface area contributed by atoms with Crippen molar-refractivity contribution in [1.29, 1.82) is 0 Å². The lowest BCUT2D eigenvalue weighted by molar-refractivity contribution is -0.134. The molecule has 0 saturated heterocycles. The first kappa shape index (κ1) is 21.6. The summed E-state index contributed by atoms with van der Waals surface area (Å²) in [4.78, 5) is 28.8. The van der Waals surface area contributed by atoms with Gasteiger partial charge in [-0.15, -0.1) is 0 Å². The highest BCUT2D eigenvalue weighted by molar-refractivity contribution is 5.93. The van der Waals surface area contributed by atoms with Crippen molar-refractivity contribution in [3.05, 3.63) is 65.2 Å². The van der Waals surface area contributed by atoms with Gasteiger partial charge in [0, 0.05) is 18.3 Å². The predicted molar refractivity (Wildman–Crippen MR) is 114 cm³/mol. The van der Waals surface area contributed by atoms with Crippen molar-refractivity contribution < 1.29 is 9.59 Å². The molecule has 2 aromatic rings.